The molecule has 0 atom stereocenters. The van der Waals surface area contributed by atoms with Crippen molar-refractivity contribution in [3.05, 3.63) is 0 Å². The number of nitrogens with one attached hydrogen (secondary N) is 1. The van der Waals surface area contributed by atoms with Crippen LogP contribution in [0.4, 0.5) is 0 Å². The Morgan fingerprint density at radius 1 is 1.29 bits per heavy atom. The highest BCUT2D eigenvalue weighted by atomic mass is 32.2. The van der Waals surface area contributed by atoms with E-state index in [1.165, 1.54) is 0 Å². The molecule has 84 valence electrons. The molecule has 0 unspecified atom stereocenters. The van der Waals surface area contributed by atoms with Gasteiger partial charge in [-0.15, -0.1) is 0 Å². The van der Waals surface area contributed by atoms with Crippen LogP contribution in [-0.4, -0.2) is 44.7 Å². The molecule has 1 heterocycles. The maximum absolute atomic E-state index is 11.8. The number of hydrogen-bond donors (Lipinski definition) is 1. The average Bonchev–Trinajstić information content (AvgIpc) is 2.16. The highest BCUT2D eigenvalue weighted by Crippen LogP contribution is 2.08. The molecule has 4 nitrogen and oxygen atoms in total. The molecular formula is C9H20N2O2S. The molecule has 0 radical (unpaired) electrons. The molecule has 1 rings (SSSR count). The topological polar surface area (TPSA) is 49.4 Å². The standard InChI is InChI=1S/C9H20N2O2S/c1-9(2)3-8-14(12,13)11-6-4-10-5-7-11/h9-10H,3-8H2,1-2H3. The number of nitrogens with zero attached hydrogens (tertiary/aromatic N) is 1. The van der Waals surface area contributed by atoms with E-state index < -0.39 is 10.0 Å². The van der Waals surface area contributed by atoms with Crippen molar-refractivity contribution in [2.75, 3.05) is 31.9 Å². The summed E-state index contributed by atoms with van der Waals surface area (Å²) >= 11 is 0. The second-order valence-electron chi connectivity index (χ2n) is 4.15. The molecular weight excluding hydrogens is 200 g/mol. The van der Waals surface area contributed by atoms with Gasteiger partial charge in [0, 0.05) is 26.2 Å². The Labute approximate surface area is 86.7 Å². The Hall–Kier alpha value is -0.130. The van der Waals surface area contributed by atoms with Gasteiger partial charge in [0.05, 0.1) is 5.75 Å². The molecule has 0 aromatic heterocycles. The molecule has 0 aliphatic carbocycles. The number of piperazine rings is 1. The van der Waals surface area contributed by atoms with E-state index in [9.17, 15) is 8.42 Å². The first-order valence-corrected chi connectivity index (χ1v) is 6.82. The Kier molecular flexibility index (Phi) is 4.34. The summed E-state index contributed by atoms with van der Waals surface area (Å²) in [5.41, 5.74) is 0. The fourth-order valence-corrected chi connectivity index (χ4v) is 3.20. The van der Waals surface area contributed by atoms with Gasteiger partial charge in [-0.1, -0.05) is 13.8 Å². The Morgan fingerprint density at radius 3 is 2.36 bits per heavy atom. The van der Waals surface area contributed by atoms with Crippen LogP contribution in [0.15, 0.2) is 0 Å². The second kappa shape index (κ2) is 5.09. The molecule has 0 saturated carbocycles. The molecule has 5 heteroatoms. The van der Waals surface area contributed by atoms with E-state index in [4.69, 9.17) is 0 Å². The average molecular weight is 220 g/mol. The second-order valence-corrected chi connectivity index (χ2v) is 6.24. The molecule has 0 bridgehead atoms. The largest absolute Gasteiger partial charge is 0.314 e. The van der Waals surface area contributed by atoms with Gasteiger partial charge in [0.2, 0.25) is 10.0 Å². The van der Waals surface area contributed by atoms with Gasteiger partial charge >= 0.3 is 0 Å². The van der Waals surface area contributed by atoms with E-state index in [1.54, 1.807) is 4.31 Å². The Bertz CT molecular complexity index is 256. The summed E-state index contributed by atoms with van der Waals surface area (Å²) in [7, 11) is -2.99. The SMILES string of the molecule is CC(C)CCS(=O)(=O)N1CCNCC1. The summed E-state index contributed by atoms with van der Waals surface area (Å²) in [6.45, 7) is 6.91. The quantitative estimate of drug-likeness (QED) is 0.740. The molecule has 1 saturated heterocycles. The maximum Gasteiger partial charge on any atom is 0.214 e. The van der Waals surface area contributed by atoms with Crippen molar-refractivity contribution in [2.24, 2.45) is 5.92 Å². The van der Waals surface area contributed by atoms with Gasteiger partial charge in [0.15, 0.2) is 0 Å². The smallest absolute Gasteiger partial charge is 0.214 e. The lowest BCUT2D eigenvalue weighted by molar-refractivity contribution is 0.358. The molecule has 1 fully saturated rings. The van der Waals surface area contributed by atoms with Crippen LogP contribution in [0.5, 0.6) is 0 Å². The molecule has 0 aromatic carbocycles. The summed E-state index contributed by atoms with van der Waals surface area (Å²) in [6, 6.07) is 0. The zero-order valence-electron chi connectivity index (χ0n) is 8.99. The molecule has 0 aromatic rings. The summed E-state index contributed by atoms with van der Waals surface area (Å²) < 4.78 is 25.2. The van der Waals surface area contributed by atoms with Crippen LogP contribution in [0.1, 0.15) is 20.3 Å². The van der Waals surface area contributed by atoms with E-state index in [-0.39, 0.29) is 0 Å². The lowest BCUT2D eigenvalue weighted by Gasteiger charge is -2.26. The van der Waals surface area contributed by atoms with Crippen LogP contribution < -0.4 is 5.32 Å². The van der Waals surface area contributed by atoms with Gasteiger partial charge in [0.25, 0.3) is 0 Å². The van der Waals surface area contributed by atoms with Gasteiger partial charge in [-0.3, -0.25) is 0 Å². The lowest BCUT2D eigenvalue weighted by Crippen LogP contribution is -2.47. The van der Waals surface area contributed by atoms with E-state index in [1.807, 2.05) is 13.8 Å². The van der Waals surface area contributed by atoms with E-state index in [0.29, 0.717) is 24.8 Å². The van der Waals surface area contributed by atoms with Crippen molar-refractivity contribution in [3.8, 4) is 0 Å². The van der Waals surface area contributed by atoms with Crippen molar-refractivity contribution in [1.29, 1.82) is 0 Å². The van der Waals surface area contributed by atoms with E-state index in [0.717, 1.165) is 19.5 Å². The van der Waals surface area contributed by atoms with Gasteiger partial charge in [0.1, 0.15) is 0 Å². The first-order chi connectivity index (χ1) is 6.52. The van der Waals surface area contributed by atoms with Gasteiger partial charge in [-0.2, -0.15) is 4.31 Å². The van der Waals surface area contributed by atoms with E-state index >= 15 is 0 Å². The molecule has 1 aliphatic heterocycles. The minimum absolute atomic E-state index is 0.296. The van der Waals surface area contributed by atoms with Crippen LogP contribution in [0.25, 0.3) is 0 Å². The Balaban J connectivity index is 2.46. The van der Waals surface area contributed by atoms with Gasteiger partial charge in [-0.05, 0) is 12.3 Å². The minimum Gasteiger partial charge on any atom is -0.314 e. The lowest BCUT2D eigenvalue weighted by atomic mass is 10.2. The Morgan fingerprint density at radius 2 is 1.86 bits per heavy atom. The highest BCUT2D eigenvalue weighted by molar-refractivity contribution is 7.89. The maximum atomic E-state index is 11.8. The fraction of sp³-hybridized carbons (Fsp3) is 1.00. The zero-order valence-corrected chi connectivity index (χ0v) is 9.81. The van der Waals surface area contributed by atoms with Crippen LogP contribution in [0.2, 0.25) is 0 Å². The van der Waals surface area contributed by atoms with Gasteiger partial charge < -0.3 is 5.32 Å². The highest BCUT2D eigenvalue weighted by Gasteiger charge is 2.23. The van der Waals surface area contributed by atoms with Crippen LogP contribution in [0, 0.1) is 5.92 Å². The van der Waals surface area contributed by atoms with E-state index in [2.05, 4.69) is 5.32 Å². The van der Waals surface area contributed by atoms with Crippen molar-refractivity contribution in [2.45, 2.75) is 20.3 Å². The summed E-state index contributed by atoms with van der Waals surface area (Å²) in [6.07, 6.45) is 0.756. The first kappa shape index (κ1) is 11.9. The third kappa shape index (κ3) is 3.55. The van der Waals surface area contributed by atoms with Crippen LogP contribution >= 0.6 is 0 Å². The molecule has 0 spiro atoms. The zero-order chi connectivity index (χ0) is 10.6. The minimum atomic E-state index is -2.99. The van der Waals surface area contributed by atoms with Crippen LogP contribution in [0.3, 0.4) is 0 Å². The van der Waals surface area contributed by atoms with Crippen molar-refractivity contribution < 1.29 is 8.42 Å². The van der Waals surface area contributed by atoms with Crippen molar-refractivity contribution in [3.63, 3.8) is 0 Å². The summed E-state index contributed by atoms with van der Waals surface area (Å²) in [4.78, 5) is 0. The molecule has 14 heavy (non-hydrogen) atoms. The number of rotatable bonds is 4. The summed E-state index contributed by atoms with van der Waals surface area (Å²) in [5, 5.41) is 3.15. The normalized spacial score (nSPS) is 20.2. The van der Waals surface area contributed by atoms with Crippen LogP contribution in [-0.2, 0) is 10.0 Å². The predicted molar refractivity (Wildman–Crippen MR) is 57.7 cm³/mol. The fourth-order valence-electron chi connectivity index (χ4n) is 1.44. The third-order valence-electron chi connectivity index (χ3n) is 2.42. The molecule has 0 amide bonds. The molecule has 1 aliphatic rings. The first-order valence-electron chi connectivity index (χ1n) is 5.21. The monoisotopic (exact) mass is 220 g/mol. The van der Waals surface area contributed by atoms with Gasteiger partial charge in [-0.25, -0.2) is 8.42 Å². The number of sulfonamides is 1. The summed E-state index contributed by atoms with van der Waals surface area (Å²) in [5.74, 6) is 0.748. The van der Waals surface area contributed by atoms with Crippen molar-refractivity contribution in [1.82, 2.24) is 9.62 Å². The van der Waals surface area contributed by atoms with Crippen molar-refractivity contribution >= 4 is 10.0 Å². The molecule has 1 N–H and O–H groups in total. The third-order valence-corrected chi connectivity index (χ3v) is 4.33. The predicted octanol–water partition coefficient (Wildman–Crippen LogP) is 0.268. The number of hydrogen-bond acceptors (Lipinski definition) is 3.